The number of ether oxygens (including phenoxy) is 2. The second-order valence-electron chi connectivity index (χ2n) is 5.89. The molecule has 0 bridgehead atoms. The van der Waals surface area contributed by atoms with Crippen molar-refractivity contribution in [3.8, 4) is 0 Å². The van der Waals surface area contributed by atoms with Crippen molar-refractivity contribution in [2.24, 2.45) is 5.92 Å². The van der Waals surface area contributed by atoms with Crippen LogP contribution in [0, 0.1) is 5.92 Å². The molecule has 0 saturated heterocycles. The summed E-state index contributed by atoms with van der Waals surface area (Å²) in [7, 11) is 0. The third-order valence-electron chi connectivity index (χ3n) is 2.56. The minimum absolute atomic E-state index is 0.353. The quantitative estimate of drug-likeness (QED) is 0.404. The number of rotatable bonds is 6. The molecule has 0 aromatic rings. The molecule has 9 nitrogen and oxygen atoms in total. The summed E-state index contributed by atoms with van der Waals surface area (Å²) < 4.78 is 9.05. The first-order chi connectivity index (χ1) is 11.0. The predicted octanol–water partition coefficient (Wildman–Crippen LogP) is 4.45. The molecule has 0 aromatic heterocycles. The Balaban J connectivity index is 0. The fourth-order valence-corrected chi connectivity index (χ4v) is 1.42. The second-order valence-corrected chi connectivity index (χ2v) is 5.89. The van der Waals surface area contributed by atoms with E-state index in [-0.39, 0.29) is 0 Å². The van der Waals surface area contributed by atoms with Crippen LogP contribution in [0.25, 0.3) is 0 Å². The maximum atomic E-state index is 10.5. The summed E-state index contributed by atoms with van der Waals surface area (Å²) in [5, 5.41) is 16.2. The first-order valence-electron chi connectivity index (χ1n) is 7.67. The van der Waals surface area contributed by atoms with E-state index in [9.17, 15) is 14.4 Å². The standard InChI is InChI=1S/C9H18O3.C6H10O6/c1-3-5-6-8(4-2)7-12-9(10)11;1-6(2,3)10-5(9)12-11-4(7)8/h8H,3-7H2,1-2H3,(H,10,11);1-3H3,(H,7,8). The highest BCUT2D eigenvalue weighted by Crippen LogP contribution is 2.12. The van der Waals surface area contributed by atoms with E-state index in [4.69, 9.17) is 10.2 Å². The zero-order valence-electron chi connectivity index (χ0n) is 14.9. The molecule has 24 heavy (non-hydrogen) atoms. The summed E-state index contributed by atoms with van der Waals surface area (Å²) in [5.74, 6) is 0.404. The van der Waals surface area contributed by atoms with E-state index in [0.717, 1.165) is 25.7 Å². The Kier molecular flexibility index (Phi) is 13.3. The lowest BCUT2D eigenvalue weighted by Gasteiger charge is -2.17. The molecule has 1 atom stereocenters. The minimum atomic E-state index is -1.71. The molecule has 0 amide bonds. The molecule has 1 unspecified atom stereocenters. The number of carbonyl (C=O) groups excluding carboxylic acids is 1. The molecule has 0 aromatic carbocycles. The smallest absolute Gasteiger partial charge is 0.450 e. The van der Waals surface area contributed by atoms with Gasteiger partial charge in [-0.05, 0) is 33.1 Å². The van der Waals surface area contributed by atoms with Crippen molar-refractivity contribution in [1.29, 1.82) is 0 Å². The lowest BCUT2D eigenvalue weighted by atomic mass is 10.0. The maximum Gasteiger partial charge on any atom is 0.550 e. The summed E-state index contributed by atoms with van der Waals surface area (Å²) >= 11 is 0. The van der Waals surface area contributed by atoms with Crippen LogP contribution in [-0.2, 0) is 19.2 Å². The van der Waals surface area contributed by atoms with Gasteiger partial charge in [0.1, 0.15) is 5.60 Å². The van der Waals surface area contributed by atoms with E-state index in [0.29, 0.717) is 12.5 Å². The van der Waals surface area contributed by atoms with Gasteiger partial charge in [0.25, 0.3) is 0 Å². The summed E-state index contributed by atoms with van der Waals surface area (Å²) in [6.45, 7) is 9.36. The summed E-state index contributed by atoms with van der Waals surface area (Å²) in [6.07, 6.45) is 0.314. The van der Waals surface area contributed by atoms with Gasteiger partial charge in [0, 0.05) is 0 Å². The van der Waals surface area contributed by atoms with Crippen molar-refractivity contribution < 1.29 is 43.8 Å². The van der Waals surface area contributed by atoms with Gasteiger partial charge in [-0.1, -0.05) is 33.1 Å². The van der Waals surface area contributed by atoms with Crippen LogP contribution in [-0.4, -0.2) is 40.9 Å². The average molecular weight is 352 g/mol. The Morgan fingerprint density at radius 1 is 1.00 bits per heavy atom. The number of hydrogen-bond donors (Lipinski definition) is 2. The third-order valence-corrected chi connectivity index (χ3v) is 2.56. The van der Waals surface area contributed by atoms with E-state index in [1.54, 1.807) is 20.8 Å². The molecule has 0 aliphatic rings. The largest absolute Gasteiger partial charge is 0.550 e. The number of carbonyl (C=O) groups is 3. The Morgan fingerprint density at radius 2 is 1.58 bits per heavy atom. The molecule has 0 spiro atoms. The van der Waals surface area contributed by atoms with Crippen molar-refractivity contribution in [3.05, 3.63) is 0 Å². The van der Waals surface area contributed by atoms with Crippen LogP contribution in [0.1, 0.15) is 60.3 Å². The molecule has 9 heteroatoms. The van der Waals surface area contributed by atoms with Gasteiger partial charge in [-0.3, -0.25) is 0 Å². The highest BCUT2D eigenvalue weighted by Gasteiger charge is 2.19. The van der Waals surface area contributed by atoms with Gasteiger partial charge in [0.05, 0.1) is 6.61 Å². The summed E-state index contributed by atoms with van der Waals surface area (Å²) in [6, 6.07) is 0. The van der Waals surface area contributed by atoms with Crippen molar-refractivity contribution in [2.45, 2.75) is 65.9 Å². The number of hydrogen-bond acceptors (Lipinski definition) is 7. The van der Waals surface area contributed by atoms with Crippen molar-refractivity contribution in [2.75, 3.05) is 6.61 Å². The summed E-state index contributed by atoms with van der Waals surface area (Å²) in [5.41, 5.74) is -0.737. The Labute approximate surface area is 141 Å². The topological polar surface area (TPSA) is 129 Å². The first-order valence-corrected chi connectivity index (χ1v) is 7.67. The number of unbranched alkanes of at least 4 members (excludes halogenated alkanes) is 1. The molecule has 0 heterocycles. The van der Waals surface area contributed by atoms with E-state index in [2.05, 4.69) is 33.1 Å². The Morgan fingerprint density at radius 3 is 1.96 bits per heavy atom. The molecular weight excluding hydrogens is 324 g/mol. The van der Waals surface area contributed by atoms with Gasteiger partial charge >= 0.3 is 18.5 Å². The lowest BCUT2D eigenvalue weighted by molar-refractivity contribution is -0.221. The molecule has 142 valence electrons. The van der Waals surface area contributed by atoms with Gasteiger partial charge in [-0.25, -0.2) is 14.5 Å². The van der Waals surface area contributed by atoms with Crippen molar-refractivity contribution in [1.82, 2.24) is 0 Å². The molecule has 0 saturated carbocycles. The second kappa shape index (κ2) is 13.3. The monoisotopic (exact) mass is 352 g/mol. The van der Waals surface area contributed by atoms with Gasteiger partial charge < -0.3 is 19.7 Å². The average Bonchev–Trinajstić information content (AvgIpc) is 2.44. The van der Waals surface area contributed by atoms with E-state index < -0.39 is 24.1 Å². The Hall–Kier alpha value is -2.19. The van der Waals surface area contributed by atoms with Crippen LogP contribution in [0.15, 0.2) is 0 Å². The molecule has 0 radical (unpaired) electrons. The number of carboxylic acid groups (broad SMARTS) is 2. The normalized spacial score (nSPS) is 11.4. The summed E-state index contributed by atoms with van der Waals surface area (Å²) in [4.78, 5) is 37.5. The zero-order valence-corrected chi connectivity index (χ0v) is 14.9. The molecule has 2 N–H and O–H groups in total. The fourth-order valence-electron chi connectivity index (χ4n) is 1.42. The van der Waals surface area contributed by atoms with Crippen LogP contribution in [0.5, 0.6) is 0 Å². The third kappa shape index (κ3) is 19.8. The Bertz CT molecular complexity index is 374. The van der Waals surface area contributed by atoms with E-state index >= 15 is 0 Å². The van der Waals surface area contributed by atoms with Crippen LogP contribution < -0.4 is 0 Å². The zero-order chi connectivity index (χ0) is 19.2. The van der Waals surface area contributed by atoms with Crippen LogP contribution >= 0.6 is 0 Å². The van der Waals surface area contributed by atoms with Crippen molar-refractivity contribution in [3.63, 3.8) is 0 Å². The van der Waals surface area contributed by atoms with Crippen molar-refractivity contribution >= 4 is 18.5 Å². The highest BCUT2D eigenvalue weighted by atomic mass is 17.3. The molecule has 0 aliphatic heterocycles. The minimum Gasteiger partial charge on any atom is -0.450 e. The van der Waals surface area contributed by atoms with Crippen LogP contribution in [0.3, 0.4) is 0 Å². The molecular formula is C15H28O9. The van der Waals surface area contributed by atoms with Crippen LogP contribution in [0.2, 0.25) is 0 Å². The molecule has 0 aliphatic carbocycles. The highest BCUT2D eigenvalue weighted by molar-refractivity contribution is 5.62. The SMILES string of the molecule is CC(C)(C)OC(=O)OOC(=O)O.CCCCC(CC)COC(=O)O. The predicted molar refractivity (Wildman–Crippen MR) is 83.7 cm³/mol. The fraction of sp³-hybridized carbons (Fsp3) is 0.800. The van der Waals surface area contributed by atoms with E-state index in [1.807, 2.05) is 0 Å². The van der Waals surface area contributed by atoms with Crippen LogP contribution in [0.4, 0.5) is 14.4 Å². The maximum absolute atomic E-state index is 10.5. The first kappa shape index (κ1) is 24.1. The van der Waals surface area contributed by atoms with Gasteiger partial charge in [0.15, 0.2) is 0 Å². The van der Waals surface area contributed by atoms with Gasteiger partial charge in [-0.2, -0.15) is 9.68 Å². The van der Waals surface area contributed by atoms with E-state index in [1.165, 1.54) is 0 Å². The van der Waals surface area contributed by atoms with Gasteiger partial charge in [-0.15, -0.1) is 0 Å². The lowest BCUT2D eigenvalue weighted by Crippen LogP contribution is -2.25. The molecule has 0 rings (SSSR count). The van der Waals surface area contributed by atoms with Gasteiger partial charge in [0.2, 0.25) is 0 Å². The molecule has 0 fully saturated rings.